The van der Waals surface area contributed by atoms with Gasteiger partial charge >= 0.3 is 0 Å². The van der Waals surface area contributed by atoms with Crippen LogP contribution >= 0.6 is 0 Å². The van der Waals surface area contributed by atoms with Gasteiger partial charge in [-0.05, 0) is 49.4 Å². The van der Waals surface area contributed by atoms with E-state index in [-0.39, 0.29) is 17.7 Å². The van der Waals surface area contributed by atoms with Gasteiger partial charge in [-0.2, -0.15) is 0 Å². The second kappa shape index (κ2) is 8.63. The van der Waals surface area contributed by atoms with E-state index >= 15 is 0 Å². The van der Waals surface area contributed by atoms with Gasteiger partial charge in [0.15, 0.2) is 5.76 Å². The summed E-state index contributed by atoms with van der Waals surface area (Å²) >= 11 is 0. The third kappa shape index (κ3) is 4.64. The summed E-state index contributed by atoms with van der Waals surface area (Å²) in [5, 5.41) is 0. The molecule has 2 aromatic rings. The molecule has 1 aliphatic rings. The van der Waals surface area contributed by atoms with Crippen LogP contribution in [0, 0.1) is 12.8 Å². The van der Waals surface area contributed by atoms with Crippen LogP contribution in [-0.2, 0) is 11.2 Å². The second-order valence-corrected chi connectivity index (χ2v) is 8.09. The van der Waals surface area contributed by atoms with Crippen LogP contribution in [0.1, 0.15) is 54.1 Å². The first-order valence-corrected chi connectivity index (χ1v) is 10.1. The third-order valence-corrected chi connectivity index (χ3v) is 5.32. The average molecular weight is 383 g/mol. The van der Waals surface area contributed by atoms with Crippen molar-refractivity contribution in [1.82, 2.24) is 9.80 Å². The lowest BCUT2D eigenvalue weighted by Crippen LogP contribution is -2.51. The first kappa shape index (κ1) is 20.2. The number of piperazine rings is 1. The summed E-state index contributed by atoms with van der Waals surface area (Å²) in [7, 11) is 0. The van der Waals surface area contributed by atoms with Gasteiger partial charge in [-0.15, -0.1) is 0 Å². The minimum Gasteiger partial charge on any atom is -0.456 e. The van der Waals surface area contributed by atoms with Crippen molar-refractivity contribution in [3.05, 3.63) is 59.0 Å². The number of furan rings is 1. The lowest BCUT2D eigenvalue weighted by atomic mass is 9.95. The maximum Gasteiger partial charge on any atom is 0.289 e. The fourth-order valence-corrected chi connectivity index (χ4v) is 3.67. The van der Waals surface area contributed by atoms with Crippen molar-refractivity contribution >= 4 is 11.8 Å². The first-order valence-electron chi connectivity index (χ1n) is 10.1. The molecule has 0 bridgehead atoms. The third-order valence-electron chi connectivity index (χ3n) is 5.32. The molecule has 2 heterocycles. The molecular weight excluding hydrogens is 352 g/mol. The van der Waals surface area contributed by atoms with Gasteiger partial charge in [0, 0.05) is 26.2 Å². The largest absolute Gasteiger partial charge is 0.456 e. The summed E-state index contributed by atoms with van der Waals surface area (Å²) in [6.45, 7) is 10.4. The average Bonchev–Trinajstić information content (AvgIpc) is 3.13. The molecule has 1 atom stereocenters. The van der Waals surface area contributed by atoms with E-state index in [4.69, 9.17) is 4.42 Å². The Morgan fingerprint density at radius 3 is 2.07 bits per heavy atom. The number of carbonyl (C=O) groups excluding carboxylic acids is 2. The fourth-order valence-electron chi connectivity index (χ4n) is 3.67. The van der Waals surface area contributed by atoms with Gasteiger partial charge in [0.1, 0.15) is 5.76 Å². The molecule has 5 nitrogen and oxygen atoms in total. The van der Waals surface area contributed by atoms with Gasteiger partial charge in [0.2, 0.25) is 5.91 Å². The van der Waals surface area contributed by atoms with Gasteiger partial charge in [-0.25, -0.2) is 0 Å². The van der Waals surface area contributed by atoms with E-state index in [1.807, 2.05) is 18.7 Å². The first-order chi connectivity index (χ1) is 13.3. The van der Waals surface area contributed by atoms with Crippen LogP contribution in [0.15, 0.2) is 40.8 Å². The zero-order chi connectivity index (χ0) is 20.3. The highest BCUT2D eigenvalue weighted by Gasteiger charge is 2.28. The topological polar surface area (TPSA) is 53.8 Å². The summed E-state index contributed by atoms with van der Waals surface area (Å²) < 4.78 is 5.43. The Hall–Kier alpha value is -2.56. The lowest BCUT2D eigenvalue weighted by molar-refractivity contribution is -0.133. The summed E-state index contributed by atoms with van der Waals surface area (Å²) in [6, 6.07) is 11.9. The molecule has 1 unspecified atom stereocenters. The molecule has 0 saturated carbocycles. The molecule has 0 N–H and O–H groups in total. The molecule has 1 fully saturated rings. The molecule has 1 aliphatic heterocycles. The highest BCUT2D eigenvalue weighted by Crippen LogP contribution is 2.21. The number of amides is 2. The van der Waals surface area contributed by atoms with Crippen LogP contribution < -0.4 is 0 Å². The molecule has 1 saturated heterocycles. The van der Waals surface area contributed by atoms with Crippen molar-refractivity contribution in [3.8, 4) is 0 Å². The Balaban J connectivity index is 1.56. The van der Waals surface area contributed by atoms with Gasteiger partial charge in [-0.3, -0.25) is 9.59 Å². The van der Waals surface area contributed by atoms with Crippen molar-refractivity contribution in [2.45, 2.75) is 40.0 Å². The second-order valence-electron chi connectivity index (χ2n) is 8.09. The minimum atomic E-state index is -0.178. The van der Waals surface area contributed by atoms with Gasteiger partial charge in [-0.1, -0.05) is 38.1 Å². The number of nitrogens with zero attached hydrogens (tertiary/aromatic N) is 2. The van der Waals surface area contributed by atoms with Crippen LogP contribution in [-0.4, -0.2) is 47.8 Å². The van der Waals surface area contributed by atoms with Crippen LogP contribution in [0.4, 0.5) is 0 Å². The molecule has 0 spiro atoms. The van der Waals surface area contributed by atoms with Crippen molar-refractivity contribution in [2.24, 2.45) is 5.92 Å². The number of hydrogen-bond donors (Lipinski definition) is 0. The Labute approximate surface area is 167 Å². The van der Waals surface area contributed by atoms with Crippen molar-refractivity contribution in [1.29, 1.82) is 0 Å². The number of hydrogen-bond acceptors (Lipinski definition) is 3. The van der Waals surface area contributed by atoms with E-state index in [0.29, 0.717) is 37.9 Å². The van der Waals surface area contributed by atoms with E-state index < -0.39 is 0 Å². The van der Waals surface area contributed by atoms with Crippen LogP contribution in [0.5, 0.6) is 0 Å². The number of rotatable bonds is 5. The minimum absolute atomic E-state index is 0.103. The van der Waals surface area contributed by atoms with E-state index in [2.05, 4.69) is 38.1 Å². The predicted octanol–water partition coefficient (Wildman–Crippen LogP) is 3.87. The van der Waals surface area contributed by atoms with E-state index in [1.54, 1.807) is 17.0 Å². The number of carbonyl (C=O) groups is 2. The SMILES string of the molecule is Cc1ccc(C(=O)N2CCN(C(=O)C(C)c3ccc(CC(C)C)cc3)CC2)o1. The normalized spacial score (nSPS) is 15.8. The summed E-state index contributed by atoms with van der Waals surface area (Å²) in [5.74, 6) is 1.56. The summed E-state index contributed by atoms with van der Waals surface area (Å²) in [5.41, 5.74) is 2.35. The van der Waals surface area contributed by atoms with Crippen LogP contribution in [0.25, 0.3) is 0 Å². The number of aryl methyl sites for hydroxylation is 1. The predicted molar refractivity (Wildman–Crippen MR) is 109 cm³/mol. The molecule has 5 heteroatoms. The van der Waals surface area contributed by atoms with Crippen molar-refractivity contribution < 1.29 is 14.0 Å². The zero-order valence-electron chi connectivity index (χ0n) is 17.3. The van der Waals surface area contributed by atoms with Crippen LogP contribution in [0.2, 0.25) is 0 Å². The monoisotopic (exact) mass is 382 g/mol. The molecule has 0 aliphatic carbocycles. The molecule has 0 radical (unpaired) electrons. The maximum atomic E-state index is 12.9. The Morgan fingerprint density at radius 2 is 1.54 bits per heavy atom. The summed E-state index contributed by atoms with van der Waals surface area (Å²) in [6.07, 6.45) is 1.05. The molecule has 150 valence electrons. The lowest BCUT2D eigenvalue weighted by Gasteiger charge is -2.35. The van der Waals surface area contributed by atoms with Gasteiger partial charge in [0.25, 0.3) is 5.91 Å². The molecule has 3 rings (SSSR count). The Bertz CT molecular complexity index is 815. The highest BCUT2D eigenvalue weighted by molar-refractivity contribution is 5.92. The zero-order valence-corrected chi connectivity index (χ0v) is 17.3. The van der Waals surface area contributed by atoms with E-state index in [1.165, 1.54) is 5.56 Å². The Morgan fingerprint density at radius 1 is 0.929 bits per heavy atom. The van der Waals surface area contributed by atoms with Gasteiger partial charge < -0.3 is 14.2 Å². The highest BCUT2D eigenvalue weighted by atomic mass is 16.3. The Kier molecular flexibility index (Phi) is 6.22. The molecule has 28 heavy (non-hydrogen) atoms. The quantitative estimate of drug-likeness (QED) is 0.789. The van der Waals surface area contributed by atoms with Gasteiger partial charge in [0.05, 0.1) is 5.92 Å². The standard InChI is InChI=1S/C23H30N2O3/c1-16(2)15-19-6-8-20(9-7-19)18(4)22(26)24-11-13-25(14-12-24)23(27)21-10-5-17(3)28-21/h5-10,16,18H,11-15H2,1-4H3. The molecular formula is C23H30N2O3. The maximum absolute atomic E-state index is 12.9. The van der Waals surface area contributed by atoms with E-state index in [0.717, 1.165) is 17.7 Å². The van der Waals surface area contributed by atoms with Crippen molar-refractivity contribution in [3.63, 3.8) is 0 Å². The van der Waals surface area contributed by atoms with Crippen molar-refractivity contribution in [2.75, 3.05) is 26.2 Å². The fraction of sp³-hybridized carbons (Fsp3) is 0.478. The number of benzene rings is 1. The van der Waals surface area contributed by atoms with Crippen LogP contribution in [0.3, 0.4) is 0 Å². The molecule has 2 amide bonds. The molecule has 1 aromatic heterocycles. The summed E-state index contributed by atoms with van der Waals surface area (Å²) in [4.78, 5) is 29.0. The smallest absolute Gasteiger partial charge is 0.289 e. The van der Waals surface area contributed by atoms with E-state index in [9.17, 15) is 9.59 Å². The molecule has 1 aromatic carbocycles.